The second-order valence-electron chi connectivity index (χ2n) is 12.3. The second kappa shape index (κ2) is 14.8. The molecule has 0 radical (unpaired) electrons. The third-order valence-electron chi connectivity index (χ3n) is 9.52. The van der Waals surface area contributed by atoms with E-state index in [1.807, 2.05) is 6.07 Å². The van der Waals surface area contributed by atoms with Gasteiger partial charge in [0.25, 0.3) is 0 Å². The highest BCUT2D eigenvalue weighted by molar-refractivity contribution is 5.89. The van der Waals surface area contributed by atoms with Gasteiger partial charge in [0.05, 0.1) is 19.8 Å². The molecule has 16 heteroatoms. The maximum Gasteiger partial charge on any atom is 0.490 e. The van der Waals surface area contributed by atoms with Crippen LogP contribution in [0.25, 0.3) is 0 Å². The van der Waals surface area contributed by atoms with Crippen LogP contribution >= 0.6 is 0 Å². The summed E-state index contributed by atoms with van der Waals surface area (Å²) in [7, 11) is 5.40. The quantitative estimate of drug-likeness (QED) is 0.307. The number of nitrogens with zero attached hydrogens (tertiary/aromatic N) is 2. The number of alkyl halides is 6. The number of hydrogen-bond donors (Lipinski definition) is 3. The Morgan fingerprint density at radius 2 is 1.56 bits per heavy atom. The van der Waals surface area contributed by atoms with Crippen LogP contribution in [0.2, 0.25) is 0 Å². The summed E-state index contributed by atoms with van der Waals surface area (Å²) in [6, 6.07) is 8.49. The number of carboxylic acids is 1. The van der Waals surface area contributed by atoms with Crippen LogP contribution in [0.3, 0.4) is 0 Å². The maximum atomic E-state index is 13.7. The van der Waals surface area contributed by atoms with Gasteiger partial charge >= 0.3 is 24.4 Å². The van der Waals surface area contributed by atoms with Gasteiger partial charge in [-0.1, -0.05) is 6.07 Å². The molecule has 2 aromatic rings. The van der Waals surface area contributed by atoms with E-state index in [0.717, 1.165) is 57.8 Å². The number of carbonyl (C=O) groups is 2. The molecule has 2 heterocycles. The van der Waals surface area contributed by atoms with Crippen molar-refractivity contribution in [1.29, 1.82) is 0 Å². The van der Waals surface area contributed by atoms with Crippen molar-refractivity contribution in [1.82, 2.24) is 15.1 Å². The molecule has 1 saturated carbocycles. The van der Waals surface area contributed by atoms with E-state index in [0.29, 0.717) is 36.1 Å². The van der Waals surface area contributed by atoms with Gasteiger partial charge in [-0.3, -0.25) is 4.90 Å². The Balaban J connectivity index is 0.000000671. The van der Waals surface area contributed by atoms with Crippen LogP contribution < -0.4 is 20.1 Å². The monoisotopic (exact) mass is 692 g/mol. The summed E-state index contributed by atoms with van der Waals surface area (Å²) in [6.07, 6.45) is -4.50. The largest absolute Gasteiger partial charge is 0.493 e. The lowest BCUT2D eigenvalue weighted by Gasteiger charge is -2.48. The molecule has 0 bridgehead atoms. The molecule has 48 heavy (non-hydrogen) atoms. The zero-order chi connectivity index (χ0) is 35.4. The molecule has 2 aromatic carbocycles. The van der Waals surface area contributed by atoms with E-state index in [1.165, 1.54) is 5.56 Å². The maximum absolute atomic E-state index is 13.7. The van der Waals surface area contributed by atoms with Gasteiger partial charge in [0.15, 0.2) is 11.5 Å². The van der Waals surface area contributed by atoms with E-state index in [1.54, 1.807) is 14.2 Å². The molecule has 3 aliphatic rings. The molecular formula is C32H39F7N4O5. The van der Waals surface area contributed by atoms with E-state index in [2.05, 4.69) is 39.6 Å². The van der Waals surface area contributed by atoms with E-state index < -0.39 is 35.7 Å². The zero-order valence-electron chi connectivity index (χ0n) is 26.7. The van der Waals surface area contributed by atoms with Crippen molar-refractivity contribution in [2.75, 3.05) is 46.2 Å². The van der Waals surface area contributed by atoms with Gasteiger partial charge < -0.3 is 30.1 Å². The van der Waals surface area contributed by atoms with Gasteiger partial charge in [-0.25, -0.2) is 14.0 Å². The lowest BCUT2D eigenvalue weighted by atomic mass is 9.65. The van der Waals surface area contributed by atoms with Crippen LogP contribution in [0.15, 0.2) is 36.4 Å². The minimum atomic E-state index is -5.08. The van der Waals surface area contributed by atoms with Crippen molar-refractivity contribution in [3.63, 3.8) is 0 Å². The van der Waals surface area contributed by atoms with Crippen LogP contribution in [0.1, 0.15) is 49.7 Å². The third-order valence-corrected chi connectivity index (χ3v) is 9.52. The van der Waals surface area contributed by atoms with Crippen molar-refractivity contribution in [2.45, 2.75) is 74.4 Å². The Bertz CT molecular complexity index is 1450. The number of methoxy groups -OCH3 is 2. The van der Waals surface area contributed by atoms with E-state index in [4.69, 9.17) is 19.4 Å². The topological polar surface area (TPSA) is 103 Å². The van der Waals surface area contributed by atoms with E-state index in [-0.39, 0.29) is 23.2 Å². The van der Waals surface area contributed by atoms with E-state index in [9.17, 15) is 35.5 Å². The summed E-state index contributed by atoms with van der Waals surface area (Å²) >= 11 is 0. The fourth-order valence-electron chi connectivity index (χ4n) is 7.13. The summed E-state index contributed by atoms with van der Waals surface area (Å²) in [5.74, 6) is -2.77. The number of benzene rings is 2. The standard InChI is InChI=1S/C30H38F4N4O3.C2HF3O2/c1-37-13-9-22(10-14-37)38-15-12-29(19-4-7-25(40-2)26(16-19)41-3)11-8-21(18-27(29)38)36-28(39)35-20-5-6-24(31)23(17-20)30(32,33)34;3-2(4,5)1(6)7/h4-7,16-17,21-22,27H,8-15,18H2,1-3H3,(H2,35,36,39);(H,6,7). The van der Waals surface area contributed by atoms with Gasteiger partial charge in [0, 0.05) is 29.2 Å². The molecule has 3 N–H and O–H groups in total. The number of amides is 2. The third kappa shape index (κ3) is 8.43. The van der Waals surface area contributed by atoms with Gasteiger partial charge in [-0.15, -0.1) is 0 Å². The number of urea groups is 1. The van der Waals surface area contributed by atoms with Crippen molar-refractivity contribution in [2.24, 2.45) is 0 Å². The summed E-state index contributed by atoms with van der Waals surface area (Å²) in [5.41, 5.74) is -0.437. The Hall–Kier alpha value is -3.79. The van der Waals surface area contributed by atoms with Crippen LogP contribution in [0.4, 0.5) is 41.2 Å². The van der Waals surface area contributed by atoms with Crippen LogP contribution in [0, 0.1) is 5.82 Å². The summed E-state index contributed by atoms with van der Waals surface area (Å²) in [4.78, 5) is 26.8. The SMILES string of the molecule is COc1ccc(C23CCC(NC(=O)Nc4ccc(F)c(C(F)(F)F)c4)CC2N(C2CCN(C)CC2)CC3)cc1OC.O=C(O)C(F)(F)F. The number of rotatable bonds is 6. The van der Waals surface area contributed by atoms with Gasteiger partial charge in [-0.2, -0.15) is 26.3 Å². The first-order valence-corrected chi connectivity index (χ1v) is 15.4. The smallest absolute Gasteiger partial charge is 0.490 e. The normalized spacial score (nSPS) is 23.8. The fraction of sp³-hybridized carbons (Fsp3) is 0.562. The molecule has 3 atom stereocenters. The lowest BCUT2D eigenvalue weighted by molar-refractivity contribution is -0.192. The minimum Gasteiger partial charge on any atom is -0.493 e. The highest BCUT2D eigenvalue weighted by Crippen LogP contribution is 2.51. The number of aliphatic carboxylic acids is 1. The van der Waals surface area contributed by atoms with Gasteiger partial charge in [0.2, 0.25) is 0 Å². The average molecular weight is 693 g/mol. The Kier molecular flexibility index (Phi) is 11.4. The molecule has 0 spiro atoms. The Morgan fingerprint density at radius 3 is 2.15 bits per heavy atom. The van der Waals surface area contributed by atoms with Crippen molar-refractivity contribution < 1.29 is 54.9 Å². The first-order chi connectivity index (χ1) is 22.5. The minimum absolute atomic E-state index is 0.111. The number of nitrogens with one attached hydrogen (secondary N) is 2. The predicted molar refractivity (Wildman–Crippen MR) is 162 cm³/mol. The van der Waals surface area contributed by atoms with Crippen molar-refractivity contribution in [3.05, 3.63) is 53.3 Å². The number of halogens is 7. The molecule has 3 unspecified atom stereocenters. The number of anilines is 1. The number of likely N-dealkylation sites (tertiary alicyclic amines) is 2. The highest BCUT2D eigenvalue weighted by Gasteiger charge is 2.53. The first kappa shape index (κ1) is 37.0. The Morgan fingerprint density at radius 1 is 0.917 bits per heavy atom. The molecule has 2 saturated heterocycles. The number of carbonyl (C=O) groups excluding carboxylic acids is 1. The zero-order valence-corrected chi connectivity index (χ0v) is 26.7. The van der Waals surface area contributed by atoms with Gasteiger partial charge in [0.1, 0.15) is 5.82 Å². The predicted octanol–water partition coefficient (Wildman–Crippen LogP) is 6.28. The summed E-state index contributed by atoms with van der Waals surface area (Å²) in [6.45, 7) is 3.04. The number of hydrogen-bond acceptors (Lipinski definition) is 6. The molecule has 2 aliphatic heterocycles. The second-order valence-corrected chi connectivity index (χ2v) is 12.3. The van der Waals surface area contributed by atoms with Crippen molar-refractivity contribution >= 4 is 17.7 Å². The van der Waals surface area contributed by atoms with Crippen molar-refractivity contribution in [3.8, 4) is 11.5 Å². The highest BCUT2D eigenvalue weighted by atomic mass is 19.4. The Labute approximate surface area is 273 Å². The molecule has 2 amide bonds. The molecule has 5 rings (SSSR count). The number of carboxylic acid groups (broad SMARTS) is 1. The summed E-state index contributed by atoms with van der Waals surface area (Å²) < 4.78 is 96.0. The lowest BCUT2D eigenvalue weighted by Crippen LogP contribution is -2.56. The molecule has 9 nitrogen and oxygen atoms in total. The van der Waals surface area contributed by atoms with Crippen LogP contribution in [0.5, 0.6) is 11.5 Å². The average Bonchev–Trinajstić information content (AvgIpc) is 3.41. The summed E-state index contributed by atoms with van der Waals surface area (Å²) in [5, 5.41) is 12.6. The molecule has 0 aromatic heterocycles. The number of fused-ring (bicyclic) bond motifs is 1. The fourth-order valence-corrected chi connectivity index (χ4v) is 7.13. The molecular weight excluding hydrogens is 653 g/mol. The van der Waals surface area contributed by atoms with E-state index >= 15 is 0 Å². The molecule has 266 valence electrons. The first-order valence-electron chi connectivity index (χ1n) is 15.4. The van der Waals surface area contributed by atoms with Gasteiger partial charge in [-0.05, 0) is 101 Å². The van der Waals surface area contributed by atoms with Crippen LogP contribution in [-0.2, 0) is 16.4 Å². The number of piperidine rings is 1. The number of ether oxygens (including phenoxy) is 2. The molecule has 1 aliphatic carbocycles. The molecule has 3 fully saturated rings. The van der Waals surface area contributed by atoms with Crippen LogP contribution in [-0.4, -0.2) is 92.1 Å².